The van der Waals surface area contributed by atoms with Gasteiger partial charge in [0.25, 0.3) is 0 Å². The van der Waals surface area contributed by atoms with Gasteiger partial charge in [-0.25, -0.2) is 9.59 Å². The van der Waals surface area contributed by atoms with E-state index in [-0.39, 0.29) is 18.8 Å². The van der Waals surface area contributed by atoms with E-state index in [4.69, 9.17) is 37.9 Å². The van der Waals surface area contributed by atoms with Gasteiger partial charge in [0.1, 0.15) is 54.9 Å². The van der Waals surface area contributed by atoms with Gasteiger partial charge in [-0.3, -0.25) is 14.4 Å². The molecule has 2 heterocycles. The van der Waals surface area contributed by atoms with E-state index < -0.39 is 179 Å². The molecular weight excluding hydrogens is 985 g/mol. The average Bonchev–Trinajstić information content (AvgIpc) is 3.35. The Bertz CT molecular complexity index is 2250. The summed E-state index contributed by atoms with van der Waals surface area (Å²) in [5.41, 5.74) is -5.87. The van der Waals surface area contributed by atoms with Crippen LogP contribution in [-0.4, -0.2) is 177 Å². The quantitative estimate of drug-likeness (QED) is 0.0431. The highest BCUT2D eigenvalue weighted by Crippen LogP contribution is 2.76. The Balaban J connectivity index is 1.29. The monoisotopic (exact) mass is 1070 g/mol. The molecule has 2 saturated heterocycles. The molecule has 7 rings (SSSR count). The molecule has 0 bridgehead atoms. The van der Waals surface area contributed by atoms with Crippen molar-refractivity contribution in [3.63, 3.8) is 0 Å². The second kappa shape index (κ2) is 21.2. The first-order valence-corrected chi connectivity index (χ1v) is 26.4. The Morgan fingerprint density at radius 2 is 1.49 bits per heavy atom. The number of carboxylic acid groups (broad SMARTS) is 1. The summed E-state index contributed by atoms with van der Waals surface area (Å²) in [7, 11) is 1.24. The molecule has 21 nitrogen and oxygen atoms in total. The van der Waals surface area contributed by atoms with Crippen molar-refractivity contribution in [1.82, 2.24) is 0 Å². The van der Waals surface area contributed by atoms with E-state index in [0.29, 0.717) is 37.7 Å². The van der Waals surface area contributed by atoms with Crippen LogP contribution in [0.5, 0.6) is 0 Å². The Labute approximate surface area is 438 Å². The third-order valence-corrected chi connectivity index (χ3v) is 20.0. The summed E-state index contributed by atoms with van der Waals surface area (Å²) in [6.45, 7) is 18.4. The van der Waals surface area contributed by atoms with Gasteiger partial charge in [0.15, 0.2) is 24.8 Å². The highest BCUT2D eigenvalue weighted by molar-refractivity contribution is 5.88. The largest absolute Gasteiger partial charge is 0.479 e. The van der Waals surface area contributed by atoms with Crippen molar-refractivity contribution in [1.29, 1.82) is 0 Å². The average molecular weight is 1070 g/mol. The summed E-state index contributed by atoms with van der Waals surface area (Å²) >= 11 is 0. The maximum absolute atomic E-state index is 14.5. The standard InChI is InChI=1S/C54H82O21/c1-13-24(3)44(65)74-41-42(75-45(66)25(4)14-2)54(23-55)28(21-49(41,6)7)27-15-16-30-50(8)19-18-32(52(10,48(67)68-12)31(50)17-20-51(30,9)53(27,11)39(62)40(54)70-26(5)56)71-47-36(61)37(35(60)38(73-47)43(63)64)72-46-34(59)33(58)29(57)22-69-46/h13,15,25,28-42,46-47,55,57-62H,14,16-23H2,1-12H3,(H,63,64)/b24-13-. The van der Waals surface area contributed by atoms with E-state index in [0.717, 1.165) is 5.57 Å². The molecule has 5 aliphatic carbocycles. The van der Waals surface area contributed by atoms with Crippen LogP contribution in [0, 0.1) is 56.2 Å². The molecule has 424 valence electrons. The highest BCUT2D eigenvalue weighted by atomic mass is 16.7. The normalized spacial score (nSPS) is 46.7. The first-order valence-electron chi connectivity index (χ1n) is 26.4. The summed E-state index contributed by atoms with van der Waals surface area (Å²) < 4.78 is 47.9. The van der Waals surface area contributed by atoms with Crippen LogP contribution in [-0.2, 0) is 61.9 Å². The molecule has 21 heteroatoms. The number of aliphatic hydroxyl groups is 7. The predicted molar refractivity (Wildman–Crippen MR) is 260 cm³/mol. The van der Waals surface area contributed by atoms with Crippen LogP contribution in [0.1, 0.15) is 121 Å². The minimum Gasteiger partial charge on any atom is -0.479 e. The van der Waals surface area contributed by atoms with E-state index in [2.05, 4.69) is 19.9 Å². The van der Waals surface area contributed by atoms with Crippen LogP contribution in [0.2, 0.25) is 0 Å². The topological polar surface area (TPSA) is 321 Å². The van der Waals surface area contributed by atoms with Gasteiger partial charge in [-0.1, -0.05) is 66.2 Å². The summed E-state index contributed by atoms with van der Waals surface area (Å²) in [6, 6.07) is 0. The van der Waals surface area contributed by atoms with Crippen molar-refractivity contribution < 1.29 is 103 Å². The third kappa shape index (κ3) is 9.18. The molecule has 0 spiro atoms. The number of aliphatic carboxylic acids is 1. The fourth-order valence-electron chi connectivity index (χ4n) is 15.2. The number of ether oxygens (including phenoxy) is 8. The van der Waals surface area contributed by atoms with E-state index in [1.807, 2.05) is 27.7 Å². The van der Waals surface area contributed by atoms with Gasteiger partial charge in [0.2, 0.25) is 0 Å². The van der Waals surface area contributed by atoms with Gasteiger partial charge >= 0.3 is 29.8 Å². The van der Waals surface area contributed by atoms with Crippen molar-refractivity contribution in [2.24, 2.45) is 56.2 Å². The van der Waals surface area contributed by atoms with E-state index in [9.17, 15) is 64.8 Å². The van der Waals surface area contributed by atoms with Crippen LogP contribution < -0.4 is 0 Å². The fourth-order valence-corrected chi connectivity index (χ4v) is 15.2. The van der Waals surface area contributed by atoms with E-state index in [1.54, 1.807) is 33.8 Å². The minimum atomic E-state index is -2.05. The molecule has 8 N–H and O–H groups in total. The molecule has 0 amide bonds. The number of aliphatic hydroxyl groups excluding tert-OH is 7. The molecule has 23 atom stereocenters. The molecule has 0 radical (unpaired) electrons. The predicted octanol–water partition coefficient (Wildman–Crippen LogP) is 2.24. The Morgan fingerprint density at radius 1 is 0.827 bits per heavy atom. The molecule has 2 aliphatic heterocycles. The lowest BCUT2D eigenvalue weighted by Gasteiger charge is -2.73. The SMILES string of the molecule is C/C=C(/C)C(=O)OC1C(OC(=O)C(C)CC)C2(CO)C(CC1(C)C)C1=CCC3C4(C)CCC(OC5OC(C(=O)O)C(O)C(OC6OCC(O)C(O)C6O)C5O)C(C)(C(=O)OC)C4CCC3(C)C1(C)C(O)C2OC(C)=O. The van der Waals surface area contributed by atoms with Crippen molar-refractivity contribution in [2.45, 2.75) is 207 Å². The Hall–Kier alpha value is -3.61. The fraction of sp³-hybridized carbons (Fsp3) is 0.833. The van der Waals surface area contributed by atoms with E-state index >= 15 is 0 Å². The summed E-state index contributed by atoms with van der Waals surface area (Å²) in [4.78, 5) is 68.2. The van der Waals surface area contributed by atoms with Crippen LogP contribution >= 0.6 is 0 Å². The summed E-state index contributed by atoms with van der Waals surface area (Å²) in [5, 5.41) is 89.4. The zero-order chi connectivity index (χ0) is 55.9. The molecule has 23 unspecified atom stereocenters. The smallest absolute Gasteiger partial charge is 0.335 e. The Morgan fingerprint density at radius 3 is 2.08 bits per heavy atom. The van der Waals surface area contributed by atoms with Crippen LogP contribution in [0.3, 0.4) is 0 Å². The molecule has 4 saturated carbocycles. The van der Waals surface area contributed by atoms with Gasteiger partial charge in [0, 0.05) is 23.3 Å². The number of methoxy groups -OCH3 is 1. The van der Waals surface area contributed by atoms with Crippen LogP contribution in [0.25, 0.3) is 0 Å². The van der Waals surface area contributed by atoms with Crippen LogP contribution in [0.4, 0.5) is 0 Å². The van der Waals surface area contributed by atoms with Crippen molar-refractivity contribution in [3.8, 4) is 0 Å². The maximum atomic E-state index is 14.5. The summed E-state index contributed by atoms with van der Waals surface area (Å²) in [5.74, 6) is -6.48. The molecule has 75 heavy (non-hydrogen) atoms. The first-order chi connectivity index (χ1) is 34.9. The maximum Gasteiger partial charge on any atom is 0.335 e. The number of carbonyl (C=O) groups is 5. The molecule has 7 aliphatic rings. The number of esters is 4. The third-order valence-electron chi connectivity index (χ3n) is 20.0. The molecule has 6 fully saturated rings. The van der Waals surface area contributed by atoms with Gasteiger partial charge in [-0.05, 0) is 94.3 Å². The zero-order valence-corrected chi connectivity index (χ0v) is 45.3. The zero-order valence-electron chi connectivity index (χ0n) is 45.3. The first kappa shape index (κ1) is 59.1. The minimum absolute atomic E-state index is 0.129. The number of fused-ring (bicyclic) bond motifs is 7. The van der Waals surface area contributed by atoms with Crippen molar-refractivity contribution in [3.05, 3.63) is 23.3 Å². The summed E-state index contributed by atoms with van der Waals surface area (Å²) in [6.07, 6.45) is -17.2. The second-order valence-corrected chi connectivity index (χ2v) is 24.2. The lowest BCUT2D eigenvalue weighted by molar-refractivity contribution is -0.357. The number of rotatable bonds is 13. The second-order valence-electron chi connectivity index (χ2n) is 24.2. The van der Waals surface area contributed by atoms with Gasteiger partial charge in [-0.15, -0.1) is 0 Å². The molecule has 0 aromatic carbocycles. The lowest BCUT2D eigenvalue weighted by atomic mass is 9.32. The van der Waals surface area contributed by atoms with Gasteiger partial charge in [0.05, 0.1) is 43.2 Å². The molecule has 0 aromatic rings. The molecule has 0 aromatic heterocycles. The number of carboxylic acids is 1. The lowest BCUT2D eigenvalue weighted by Crippen LogP contribution is -2.77. The van der Waals surface area contributed by atoms with Crippen molar-refractivity contribution in [2.75, 3.05) is 20.3 Å². The number of hydrogen-bond donors (Lipinski definition) is 8. The number of hydrogen-bond acceptors (Lipinski definition) is 20. The number of allylic oxidation sites excluding steroid dienone is 2. The highest BCUT2D eigenvalue weighted by Gasteiger charge is 2.78. The Kier molecular flexibility index (Phi) is 16.7. The molecular formula is C54H82O21. The van der Waals surface area contributed by atoms with Gasteiger partial charge < -0.3 is 78.7 Å². The van der Waals surface area contributed by atoms with E-state index in [1.165, 1.54) is 14.0 Å². The number of carbonyl (C=O) groups excluding carboxylic acids is 4. The van der Waals surface area contributed by atoms with Gasteiger partial charge in [-0.2, -0.15) is 0 Å². The van der Waals surface area contributed by atoms with Crippen LogP contribution in [0.15, 0.2) is 23.3 Å². The van der Waals surface area contributed by atoms with Crippen molar-refractivity contribution >= 4 is 29.8 Å².